The number of ether oxygens (including phenoxy) is 1. The summed E-state index contributed by atoms with van der Waals surface area (Å²) in [6.07, 6.45) is 3.88. The molecule has 3 heteroatoms. The van der Waals surface area contributed by atoms with Gasteiger partial charge in [0.25, 0.3) is 0 Å². The third-order valence-electron chi connectivity index (χ3n) is 5.29. The van der Waals surface area contributed by atoms with Crippen molar-refractivity contribution < 1.29 is 13.7 Å². The van der Waals surface area contributed by atoms with E-state index in [9.17, 15) is 0 Å². The van der Waals surface area contributed by atoms with E-state index in [-0.39, 0.29) is 0 Å². The first-order chi connectivity index (χ1) is 12.0. The highest BCUT2D eigenvalue weighted by Gasteiger charge is 2.31. The molecule has 0 spiro atoms. The molecule has 124 valence electrons. The fraction of sp³-hybridized carbons (Fsp3) is 0.227. The first kappa shape index (κ1) is 14.5. The molecule has 2 aromatic heterocycles. The first-order valence-corrected chi connectivity index (χ1v) is 8.70. The highest BCUT2D eigenvalue weighted by Crippen LogP contribution is 2.48. The third-order valence-corrected chi connectivity index (χ3v) is 5.29. The molecule has 0 radical (unpaired) electrons. The summed E-state index contributed by atoms with van der Waals surface area (Å²) in [5.74, 6) is 2.31. The molecule has 0 saturated heterocycles. The Bertz CT molecular complexity index is 1170. The number of hydrogen-bond acceptors (Lipinski definition) is 2. The molecule has 0 bridgehead atoms. The third kappa shape index (κ3) is 1.89. The van der Waals surface area contributed by atoms with E-state index in [4.69, 9.17) is 9.15 Å². The number of furan rings is 1. The highest BCUT2D eigenvalue weighted by molar-refractivity contribution is 6.04. The van der Waals surface area contributed by atoms with Crippen LogP contribution in [0.3, 0.4) is 0 Å². The predicted octanol–water partition coefficient (Wildman–Crippen LogP) is 5.62. The molecule has 25 heavy (non-hydrogen) atoms. The van der Waals surface area contributed by atoms with E-state index in [1.807, 2.05) is 6.07 Å². The zero-order valence-electron chi connectivity index (χ0n) is 14.9. The molecule has 0 atom stereocenters. The van der Waals surface area contributed by atoms with Crippen molar-refractivity contribution in [2.24, 2.45) is 7.05 Å². The molecular weight excluding hydrogens is 310 g/mol. The fourth-order valence-electron chi connectivity index (χ4n) is 3.94. The quantitative estimate of drug-likeness (QED) is 0.373. The molecule has 3 nitrogen and oxygen atoms in total. The second-order valence-corrected chi connectivity index (χ2v) is 7.23. The summed E-state index contributed by atoms with van der Waals surface area (Å²) < 4.78 is 14.3. The van der Waals surface area contributed by atoms with E-state index in [0.717, 1.165) is 33.6 Å². The average Bonchev–Trinajstić information content (AvgIpc) is 3.05. The second kappa shape index (κ2) is 4.85. The SMILES string of the molecule is Cc1c2c(cc3ccoc13)Oc1cc(C(C)C)cc3cc[n+](C)c-2c13. The molecular formula is C22H20NO2+. The Labute approximate surface area is 146 Å². The van der Waals surface area contributed by atoms with Gasteiger partial charge < -0.3 is 9.15 Å². The molecule has 0 N–H and O–H groups in total. The zero-order chi connectivity index (χ0) is 17.3. The average molecular weight is 330 g/mol. The van der Waals surface area contributed by atoms with Crippen LogP contribution in [0.15, 0.2) is 47.2 Å². The van der Waals surface area contributed by atoms with Crippen molar-refractivity contribution in [2.75, 3.05) is 0 Å². The zero-order valence-corrected chi connectivity index (χ0v) is 14.9. The van der Waals surface area contributed by atoms with Gasteiger partial charge in [0.2, 0.25) is 5.69 Å². The summed E-state index contributed by atoms with van der Waals surface area (Å²) in [6, 6.07) is 10.7. The molecule has 0 fully saturated rings. The van der Waals surface area contributed by atoms with E-state index in [1.54, 1.807) is 6.26 Å². The van der Waals surface area contributed by atoms with Crippen molar-refractivity contribution in [2.45, 2.75) is 26.7 Å². The number of hydrogen-bond donors (Lipinski definition) is 0. The van der Waals surface area contributed by atoms with Crippen LogP contribution in [0.1, 0.15) is 30.9 Å². The van der Waals surface area contributed by atoms with Crippen LogP contribution < -0.4 is 9.30 Å². The fourth-order valence-corrected chi connectivity index (χ4v) is 3.94. The summed E-state index contributed by atoms with van der Waals surface area (Å²) in [4.78, 5) is 0. The molecule has 0 aliphatic carbocycles. The van der Waals surface area contributed by atoms with Crippen LogP contribution in [0.25, 0.3) is 33.0 Å². The molecule has 3 heterocycles. The minimum atomic E-state index is 0.459. The first-order valence-electron chi connectivity index (χ1n) is 8.70. The van der Waals surface area contributed by atoms with Crippen LogP contribution in [0, 0.1) is 6.92 Å². The highest BCUT2D eigenvalue weighted by atomic mass is 16.5. The number of rotatable bonds is 1. The summed E-state index contributed by atoms with van der Waals surface area (Å²) in [5, 5.41) is 3.48. The van der Waals surface area contributed by atoms with Crippen molar-refractivity contribution in [3.05, 3.63) is 53.9 Å². The molecule has 0 unspecified atom stereocenters. The lowest BCUT2D eigenvalue weighted by Gasteiger charge is -2.22. The minimum absolute atomic E-state index is 0.459. The van der Waals surface area contributed by atoms with Gasteiger partial charge in [-0.2, -0.15) is 0 Å². The smallest absolute Gasteiger partial charge is 0.228 e. The molecule has 5 rings (SSSR count). The van der Waals surface area contributed by atoms with E-state index >= 15 is 0 Å². The number of pyridine rings is 1. The van der Waals surface area contributed by atoms with Gasteiger partial charge in [0.1, 0.15) is 24.1 Å². The van der Waals surface area contributed by atoms with E-state index in [0.29, 0.717) is 5.92 Å². The van der Waals surface area contributed by atoms with E-state index in [2.05, 4.69) is 62.8 Å². The number of fused-ring (bicyclic) bond motifs is 3. The molecule has 1 aliphatic rings. The molecule has 2 aromatic carbocycles. The van der Waals surface area contributed by atoms with Crippen LogP contribution >= 0.6 is 0 Å². The Morgan fingerprint density at radius 2 is 1.84 bits per heavy atom. The standard InChI is InChI=1S/C22H20NO2/c1-12(2)16-9-14-5-7-23(4)21-19-13(3)22-15(6-8-24-22)10-17(19)25-18(11-16)20(14)21/h5-12H,1-4H3/q+1. The number of benzene rings is 2. The topological polar surface area (TPSA) is 26.2 Å². The second-order valence-electron chi connectivity index (χ2n) is 7.23. The lowest BCUT2D eigenvalue weighted by atomic mass is 9.92. The van der Waals surface area contributed by atoms with Gasteiger partial charge in [-0.1, -0.05) is 19.9 Å². The van der Waals surface area contributed by atoms with Gasteiger partial charge in [-0.25, -0.2) is 4.57 Å². The van der Waals surface area contributed by atoms with Gasteiger partial charge in [-0.15, -0.1) is 0 Å². The number of aryl methyl sites for hydroxylation is 2. The van der Waals surface area contributed by atoms with Gasteiger partial charge >= 0.3 is 0 Å². The van der Waals surface area contributed by atoms with E-state index in [1.165, 1.54) is 22.0 Å². The molecule has 0 amide bonds. The van der Waals surface area contributed by atoms with Crippen LogP contribution in [-0.4, -0.2) is 0 Å². The van der Waals surface area contributed by atoms with Crippen molar-refractivity contribution in [3.63, 3.8) is 0 Å². The molecule has 4 aromatic rings. The summed E-state index contributed by atoms with van der Waals surface area (Å²) >= 11 is 0. The summed E-state index contributed by atoms with van der Waals surface area (Å²) in [6.45, 7) is 6.54. The van der Waals surface area contributed by atoms with Gasteiger partial charge in [0, 0.05) is 17.0 Å². The molecule has 0 saturated carbocycles. The van der Waals surface area contributed by atoms with Crippen LogP contribution in [-0.2, 0) is 7.05 Å². The lowest BCUT2D eigenvalue weighted by molar-refractivity contribution is -0.659. The maximum absolute atomic E-state index is 6.40. The van der Waals surface area contributed by atoms with Gasteiger partial charge in [0.05, 0.1) is 17.2 Å². The van der Waals surface area contributed by atoms with E-state index < -0.39 is 0 Å². The number of nitrogens with zero attached hydrogens (tertiary/aromatic N) is 1. The minimum Gasteiger partial charge on any atom is -0.464 e. The largest absolute Gasteiger partial charge is 0.464 e. The van der Waals surface area contributed by atoms with Crippen molar-refractivity contribution in [3.8, 4) is 22.8 Å². The van der Waals surface area contributed by atoms with Crippen LogP contribution in [0.2, 0.25) is 0 Å². The van der Waals surface area contributed by atoms with Crippen LogP contribution in [0.5, 0.6) is 11.5 Å². The maximum atomic E-state index is 6.40. The maximum Gasteiger partial charge on any atom is 0.228 e. The van der Waals surface area contributed by atoms with Gasteiger partial charge in [-0.05, 0) is 42.0 Å². The summed E-state index contributed by atoms with van der Waals surface area (Å²) in [7, 11) is 2.09. The Morgan fingerprint density at radius 1 is 1.00 bits per heavy atom. The van der Waals surface area contributed by atoms with Crippen molar-refractivity contribution in [1.29, 1.82) is 0 Å². The van der Waals surface area contributed by atoms with Crippen molar-refractivity contribution in [1.82, 2.24) is 0 Å². The Hall–Kier alpha value is -2.81. The Morgan fingerprint density at radius 3 is 2.64 bits per heavy atom. The lowest BCUT2D eigenvalue weighted by Crippen LogP contribution is -2.31. The Kier molecular flexibility index (Phi) is 2.82. The summed E-state index contributed by atoms with van der Waals surface area (Å²) in [5.41, 5.74) is 5.67. The van der Waals surface area contributed by atoms with Crippen molar-refractivity contribution >= 4 is 21.7 Å². The number of aromatic nitrogens is 1. The van der Waals surface area contributed by atoms with Gasteiger partial charge in [0.15, 0.2) is 6.20 Å². The van der Waals surface area contributed by atoms with Crippen LogP contribution in [0.4, 0.5) is 0 Å². The molecule has 1 aliphatic heterocycles. The Balaban J connectivity index is 1.96. The predicted molar refractivity (Wildman–Crippen MR) is 99.2 cm³/mol. The monoisotopic (exact) mass is 330 g/mol. The van der Waals surface area contributed by atoms with Gasteiger partial charge in [-0.3, -0.25) is 0 Å². The normalized spacial score (nSPS) is 12.7.